The van der Waals surface area contributed by atoms with Gasteiger partial charge >= 0.3 is 5.97 Å². The first-order chi connectivity index (χ1) is 11.3. The van der Waals surface area contributed by atoms with Crippen LogP contribution in [0.15, 0.2) is 36.2 Å². The highest BCUT2D eigenvalue weighted by Gasteiger charge is 2.16. The monoisotopic (exact) mass is 333 g/mol. The van der Waals surface area contributed by atoms with E-state index in [9.17, 15) is 18.4 Å². The van der Waals surface area contributed by atoms with Crippen LogP contribution >= 0.6 is 0 Å². The zero-order valence-electron chi connectivity index (χ0n) is 12.8. The van der Waals surface area contributed by atoms with Gasteiger partial charge in [-0.05, 0) is 31.2 Å². The number of nitrogens with zero attached hydrogens (tertiary/aromatic N) is 2. The Kier molecular flexibility index (Phi) is 4.91. The Morgan fingerprint density at radius 2 is 2.12 bits per heavy atom. The third-order valence-electron chi connectivity index (χ3n) is 3.16. The maximum absolute atomic E-state index is 13.8. The van der Waals surface area contributed by atoms with E-state index in [-0.39, 0.29) is 22.5 Å². The molecular formula is C16H13F2N3O3. The molecule has 0 unspecified atom stereocenters. The van der Waals surface area contributed by atoms with Gasteiger partial charge in [-0.2, -0.15) is 5.10 Å². The summed E-state index contributed by atoms with van der Waals surface area (Å²) in [5.74, 6) is -1.10. The summed E-state index contributed by atoms with van der Waals surface area (Å²) in [5, 5.41) is 15.7. The lowest BCUT2D eigenvalue weighted by Gasteiger charge is -2.07. The van der Waals surface area contributed by atoms with Gasteiger partial charge in [0.05, 0.1) is 17.5 Å². The van der Waals surface area contributed by atoms with E-state index in [0.29, 0.717) is 5.70 Å². The van der Waals surface area contributed by atoms with Gasteiger partial charge in [-0.25, -0.2) is 18.4 Å². The number of benzene rings is 1. The first-order valence-electron chi connectivity index (χ1n) is 6.74. The van der Waals surface area contributed by atoms with Crippen LogP contribution in [0.25, 0.3) is 5.57 Å². The molecular weight excluding hydrogens is 320 g/mol. The zero-order valence-corrected chi connectivity index (χ0v) is 12.8. The van der Waals surface area contributed by atoms with E-state index in [2.05, 4.69) is 10.4 Å². The number of aryl methyl sites for hydroxylation is 1. The van der Waals surface area contributed by atoms with Crippen LogP contribution < -0.4 is 5.32 Å². The zero-order chi connectivity index (χ0) is 17.9. The second-order valence-corrected chi connectivity index (χ2v) is 4.93. The second kappa shape index (κ2) is 6.89. The lowest BCUT2D eigenvalue weighted by atomic mass is 10.1. The normalized spacial score (nSPS) is 11.1. The van der Waals surface area contributed by atoms with Gasteiger partial charge < -0.3 is 10.4 Å². The van der Waals surface area contributed by atoms with E-state index in [1.165, 1.54) is 30.9 Å². The van der Waals surface area contributed by atoms with E-state index in [4.69, 9.17) is 5.11 Å². The third kappa shape index (κ3) is 3.56. The summed E-state index contributed by atoms with van der Waals surface area (Å²) >= 11 is 0. The van der Waals surface area contributed by atoms with Crippen molar-refractivity contribution in [2.24, 2.45) is 7.05 Å². The summed E-state index contributed by atoms with van der Waals surface area (Å²) in [6.07, 6.45) is 2.54. The molecule has 1 aromatic carbocycles. The van der Waals surface area contributed by atoms with E-state index in [1.807, 2.05) is 0 Å². The maximum atomic E-state index is 13.8. The predicted octanol–water partition coefficient (Wildman–Crippen LogP) is 2.63. The van der Waals surface area contributed by atoms with Crippen molar-refractivity contribution in [2.45, 2.75) is 6.92 Å². The van der Waals surface area contributed by atoms with E-state index < -0.39 is 17.6 Å². The first kappa shape index (κ1) is 17.1. The van der Waals surface area contributed by atoms with Crippen molar-refractivity contribution in [1.29, 1.82) is 0 Å². The number of rotatable bonds is 5. The topological polar surface area (TPSA) is 84.2 Å². The number of hydrogen-bond donors (Lipinski definition) is 2. The van der Waals surface area contributed by atoms with Crippen LogP contribution in [0.4, 0.5) is 14.5 Å². The standard InChI is InChI=1S/C16H13F2N3O3/c1-9(20-14-7-19-21(2)15(14)16(23)24)5-10(8-22)12-6-11(17)3-4-13(12)18/h3-7,20H,1-2H3,(H,23,24)/b9-5-. The smallest absolute Gasteiger partial charge is 0.356 e. The van der Waals surface area contributed by atoms with Crippen molar-refractivity contribution in [2.75, 3.05) is 5.32 Å². The summed E-state index contributed by atoms with van der Waals surface area (Å²) in [6.45, 7) is 1.53. The minimum atomic E-state index is -1.19. The summed E-state index contributed by atoms with van der Waals surface area (Å²) < 4.78 is 28.2. The van der Waals surface area contributed by atoms with Crippen LogP contribution in [-0.2, 0) is 11.8 Å². The Labute approximate surface area is 135 Å². The van der Waals surface area contributed by atoms with Crippen molar-refractivity contribution in [1.82, 2.24) is 9.78 Å². The number of carbonyl (C=O) groups is 1. The summed E-state index contributed by atoms with van der Waals surface area (Å²) in [6, 6.07) is 2.72. The van der Waals surface area contributed by atoms with Crippen LogP contribution in [0, 0.1) is 11.6 Å². The number of nitrogens with one attached hydrogen (secondary N) is 1. The quantitative estimate of drug-likeness (QED) is 0.649. The van der Waals surface area contributed by atoms with Crippen LogP contribution in [-0.4, -0.2) is 26.8 Å². The molecule has 0 aliphatic carbocycles. The molecule has 0 spiro atoms. The van der Waals surface area contributed by atoms with Crippen LogP contribution in [0.2, 0.25) is 0 Å². The molecule has 0 bridgehead atoms. The van der Waals surface area contributed by atoms with E-state index in [1.54, 1.807) is 5.94 Å². The molecule has 0 radical (unpaired) electrons. The molecule has 0 aliphatic rings. The van der Waals surface area contributed by atoms with Gasteiger partial charge in [-0.15, -0.1) is 0 Å². The number of anilines is 1. The summed E-state index contributed by atoms with van der Waals surface area (Å²) in [5.41, 5.74) is -0.0129. The van der Waals surface area contributed by atoms with Gasteiger partial charge in [0.1, 0.15) is 17.6 Å². The average molecular weight is 333 g/mol. The van der Waals surface area contributed by atoms with Gasteiger partial charge in [-0.1, -0.05) is 0 Å². The molecule has 124 valence electrons. The van der Waals surface area contributed by atoms with Gasteiger partial charge in [0.15, 0.2) is 5.69 Å². The minimum Gasteiger partial charge on any atom is -0.476 e. The van der Waals surface area contributed by atoms with Crippen molar-refractivity contribution < 1.29 is 23.5 Å². The van der Waals surface area contributed by atoms with E-state index in [0.717, 1.165) is 18.2 Å². The van der Waals surface area contributed by atoms with Crippen molar-refractivity contribution in [3.63, 3.8) is 0 Å². The summed E-state index contributed by atoms with van der Waals surface area (Å²) in [7, 11) is 1.46. The highest BCUT2D eigenvalue weighted by Crippen LogP contribution is 2.21. The van der Waals surface area contributed by atoms with Gasteiger partial charge in [0, 0.05) is 18.3 Å². The fourth-order valence-corrected chi connectivity index (χ4v) is 2.11. The van der Waals surface area contributed by atoms with Crippen molar-refractivity contribution >= 4 is 23.2 Å². The molecule has 8 heteroatoms. The molecule has 24 heavy (non-hydrogen) atoms. The van der Waals surface area contributed by atoms with Gasteiger partial charge in [-0.3, -0.25) is 4.68 Å². The predicted molar refractivity (Wildman–Crippen MR) is 83.0 cm³/mol. The molecule has 0 aliphatic heterocycles. The molecule has 1 aromatic heterocycles. The molecule has 0 atom stereocenters. The Bertz CT molecular complexity index is 881. The fourth-order valence-electron chi connectivity index (χ4n) is 2.11. The second-order valence-electron chi connectivity index (χ2n) is 4.93. The minimum absolute atomic E-state index is 0.0867. The van der Waals surface area contributed by atoms with Gasteiger partial charge in [0.2, 0.25) is 0 Å². The lowest BCUT2D eigenvalue weighted by molar-refractivity contribution is 0.0686. The Balaban J connectivity index is 2.35. The Hall–Kier alpha value is -3.25. The Morgan fingerprint density at radius 1 is 1.42 bits per heavy atom. The molecule has 0 fully saturated rings. The maximum Gasteiger partial charge on any atom is 0.356 e. The van der Waals surface area contributed by atoms with Crippen LogP contribution in [0.1, 0.15) is 23.0 Å². The molecule has 0 saturated heterocycles. The molecule has 0 amide bonds. The lowest BCUT2D eigenvalue weighted by Crippen LogP contribution is -2.09. The largest absolute Gasteiger partial charge is 0.476 e. The molecule has 2 aromatic rings. The van der Waals surface area contributed by atoms with Gasteiger partial charge in [0.25, 0.3) is 0 Å². The number of aromatic nitrogens is 2. The number of halogens is 2. The molecule has 1 heterocycles. The number of carboxylic acid groups (broad SMARTS) is 1. The number of carboxylic acids is 1. The SMILES string of the molecule is C/C(=C/C(=C=O)c1cc(F)ccc1F)Nc1cnn(C)c1C(=O)O. The average Bonchev–Trinajstić information content (AvgIpc) is 2.88. The Morgan fingerprint density at radius 3 is 2.75 bits per heavy atom. The van der Waals surface area contributed by atoms with Crippen LogP contribution in [0.3, 0.4) is 0 Å². The molecule has 2 rings (SSSR count). The van der Waals surface area contributed by atoms with E-state index >= 15 is 0 Å². The first-order valence-corrected chi connectivity index (χ1v) is 6.74. The molecule has 6 nitrogen and oxygen atoms in total. The van der Waals surface area contributed by atoms with Crippen LogP contribution in [0.5, 0.6) is 0 Å². The number of carbonyl (C=O) groups excluding carboxylic acids is 1. The summed E-state index contributed by atoms with van der Waals surface area (Å²) in [4.78, 5) is 22.3. The number of hydrogen-bond acceptors (Lipinski definition) is 4. The highest BCUT2D eigenvalue weighted by molar-refractivity contribution is 5.95. The number of aromatic carboxylic acids is 1. The van der Waals surface area contributed by atoms with Crippen molar-refractivity contribution in [3.05, 3.63) is 59.1 Å². The molecule has 0 saturated carbocycles. The molecule has 2 N–H and O–H groups in total. The number of allylic oxidation sites excluding steroid dienone is 3. The highest BCUT2D eigenvalue weighted by atomic mass is 19.1. The fraction of sp³-hybridized carbons (Fsp3) is 0.125. The third-order valence-corrected chi connectivity index (χ3v) is 3.16. The van der Waals surface area contributed by atoms with Crippen molar-refractivity contribution in [3.8, 4) is 0 Å².